The number of piperidine rings is 1. The summed E-state index contributed by atoms with van der Waals surface area (Å²) in [5.41, 5.74) is 2.30. The molecule has 2 aliphatic heterocycles. The molecule has 2 aromatic carbocycles. The molecule has 3 aliphatic rings. The molecule has 0 aromatic heterocycles. The highest BCUT2D eigenvalue weighted by atomic mass is 19.2. The minimum atomic E-state index is -0.859. The summed E-state index contributed by atoms with van der Waals surface area (Å²) in [5, 5.41) is 5.23. The van der Waals surface area contributed by atoms with E-state index in [1.54, 1.807) is 24.3 Å². The van der Waals surface area contributed by atoms with Crippen LogP contribution >= 0.6 is 0 Å². The van der Waals surface area contributed by atoms with Crippen LogP contribution in [-0.2, 0) is 22.6 Å². The fraction of sp³-hybridized carbons (Fsp3) is 0.385. The summed E-state index contributed by atoms with van der Waals surface area (Å²) in [7, 11) is 0. The Morgan fingerprint density at radius 2 is 1.80 bits per heavy atom. The number of imide groups is 1. The Balaban J connectivity index is 1.18. The van der Waals surface area contributed by atoms with Gasteiger partial charge in [0.15, 0.2) is 11.6 Å². The summed E-state index contributed by atoms with van der Waals surface area (Å²) in [5.74, 6) is -2.51. The molecule has 9 heteroatoms. The van der Waals surface area contributed by atoms with Crippen LogP contribution in [0.5, 0.6) is 0 Å². The zero-order valence-corrected chi connectivity index (χ0v) is 19.0. The Hall–Kier alpha value is -3.62. The van der Waals surface area contributed by atoms with E-state index in [2.05, 4.69) is 10.6 Å². The van der Waals surface area contributed by atoms with E-state index in [-0.39, 0.29) is 43.0 Å². The monoisotopic (exact) mass is 481 g/mol. The summed E-state index contributed by atoms with van der Waals surface area (Å²) in [4.78, 5) is 50.7. The average molecular weight is 481 g/mol. The van der Waals surface area contributed by atoms with Gasteiger partial charge in [-0.25, -0.2) is 8.78 Å². The van der Waals surface area contributed by atoms with Crippen molar-refractivity contribution >= 4 is 23.6 Å². The first-order valence-electron chi connectivity index (χ1n) is 11.8. The van der Waals surface area contributed by atoms with Crippen molar-refractivity contribution in [2.24, 2.45) is 11.8 Å². The van der Waals surface area contributed by atoms with E-state index in [1.807, 2.05) is 0 Å². The number of halogens is 2. The van der Waals surface area contributed by atoms with Gasteiger partial charge >= 0.3 is 0 Å². The van der Waals surface area contributed by atoms with Gasteiger partial charge in [-0.3, -0.25) is 24.5 Å². The Kier molecular flexibility index (Phi) is 6.08. The second-order valence-electron chi connectivity index (χ2n) is 9.53. The summed E-state index contributed by atoms with van der Waals surface area (Å²) in [6, 6.07) is 8.14. The second kappa shape index (κ2) is 9.20. The number of nitrogens with zero attached hydrogens (tertiary/aromatic N) is 1. The van der Waals surface area contributed by atoms with Gasteiger partial charge in [0.05, 0.1) is 0 Å². The second-order valence-corrected chi connectivity index (χ2v) is 9.53. The molecule has 7 nitrogen and oxygen atoms in total. The smallest absolute Gasteiger partial charge is 0.255 e. The Labute approximate surface area is 200 Å². The molecule has 1 saturated carbocycles. The van der Waals surface area contributed by atoms with Crippen molar-refractivity contribution in [3.63, 3.8) is 0 Å². The highest BCUT2D eigenvalue weighted by molar-refractivity contribution is 6.06. The Morgan fingerprint density at radius 3 is 2.51 bits per heavy atom. The number of hydrogen-bond donors (Lipinski definition) is 2. The van der Waals surface area contributed by atoms with Crippen molar-refractivity contribution in [1.29, 1.82) is 0 Å². The third-order valence-electron chi connectivity index (χ3n) is 7.37. The number of hydrogen-bond acceptors (Lipinski definition) is 4. The lowest BCUT2D eigenvalue weighted by Gasteiger charge is -2.37. The molecule has 1 aliphatic carbocycles. The van der Waals surface area contributed by atoms with Crippen molar-refractivity contribution in [2.75, 3.05) is 6.54 Å². The lowest BCUT2D eigenvalue weighted by atomic mass is 9.70. The number of amides is 4. The lowest BCUT2D eigenvalue weighted by molar-refractivity contribution is -0.136. The number of fused-ring (bicyclic) bond motifs is 1. The molecule has 2 N–H and O–H groups in total. The van der Waals surface area contributed by atoms with E-state index in [1.165, 1.54) is 11.0 Å². The molecule has 2 heterocycles. The van der Waals surface area contributed by atoms with Gasteiger partial charge in [0, 0.05) is 30.6 Å². The minimum Gasteiger partial charge on any atom is -0.352 e. The Morgan fingerprint density at radius 1 is 1.00 bits per heavy atom. The highest BCUT2D eigenvalue weighted by Crippen LogP contribution is 2.36. The van der Waals surface area contributed by atoms with Crippen molar-refractivity contribution in [3.8, 4) is 0 Å². The molecule has 0 spiro atoms. The first kappa shape index (κ1) is 23.1. The molecule has 0 bridgehead atoms. The van der Waals surface area contributed by atoms with Crippen LogP contribution < -0.4 is 10.6 Å². The number of benzene rings is 2. The normalized spacial score (nSPS) is 23.5. The molecule has 3 atom stereocenters. The average Bonchev–Trinajstić information content (AvgIpc) is 3.14. The highest BCUT2D eigenvalue weighted by Gasteiger charge is 2.39. The van der Waals surface area contributed by atoms with Crippen LogP contribution in [0.3, 0.4) is 0 Å². The van der Waals surface area contributed by atoms with Gasteiger partial charge in [0.2, 0.25) is 11.8 Å². The van der Waals surface area contributed by atoms with Crippen LogP contribution in [0.2, 0.25) is 0 Å². The molecule has 2 fully saturated rings. The third kappa shape index (κ3) is 4.54. The Bertz CT molecular complexity index is 1230. The fourth-order valence-corrected chi connectivity index (χ4v) is 5.19. The van der Waals surface area contributed by atoms with Crippen LogP contribution in [0.15, 0.2) is 36.4 Å². The van der Waals surface area contributed by atoms with Crippen LogP contribution in [-0.4, -0.2) is 41.1 Å². The molecular formula is C26H25F2N3O4. The largest absolute Gasteiger partial charge is 0.352 e. The van der Waals surface area contributed by atoms with Gasteiger partial charge < -0.3 is 10.2 Å². The molecule has 35 heavy (non-hydrogen) atoms. The zero-order chi connectivity index (χ0) is 24.7. The van der Waals surface area contributed by atoms with Crippen molar-refractivity contribution in [1.82, 2.24) is 15.5 Å². The summed E-state index contributed by atoms with van der Waals surface area (Å²) in [6.07, 6.45) is 3.02. The number of nitrogens with one attached hydrogen (secondary N) is 2. The van der Waals surface area contributed by atoms with E-state index in [9.17, 15) is 28.0 Å². The number of carbonyl (C=O) groups excluding carboxylic acids is 4. The maximum atomic E-state index is 13.5. The van der Waals surface area contributed by atoms with Gasteiger partial charge in [-0.1, -0.05) is 6.07 Å². The molecule has 4 amide bonds. The van der Waals surface area contributed by atoms with Crippen LogP contribution in [0, 0.1) is 23.5 Å². The SMILES string of the molecule is O=C1CC[C@H](N2Cc3cc(C(=O)NCC4CCC4Cc4ccc(F)c(F)c4)ccc3C2=O)C(=O)N1. The van der Waals surface area contributed by atoms with Gasteiger partial charge in [0.25, 0.3) is 11.8 Å². The maximum absolute atomic E-state index is 13.5. The molecular weight excluding hydrogens is 456 g/mol. The van der Waals surface area contributed by atoms with E-state index in [4.69, 9.17) is 0 Å². The summed E-state index contributed by atoms with van der Waals surface area (Å²) < 4.78 is 26.6. The standard InChI is InChI=1S/C26H25F2N3O4/c27-20-6-1-14(10-21(20)28)9-15-2-3-17(15)12-29-24(33)16-4-5-19-18(11-16)13-31(26(19)35)22-7-8-23(32)30-25(22)34/h1,4-6,10-11,15,17,22H,2-3,7-9,12-13H2,(H,29,33)(H,30,32,34)/t15?,17?,22-/m0/s1. The first-order valence-corrected chi connectivity index (χ1v) is 11.8. The van der Waals surface area contributed by atoms with Crippen molar-refractivity contribution < 1.29 is 28.0 Å². The van der Waals surface area contributed by atoms with Gasteiger partial charge in [-0.05, 0) is 79.0 Å². The van der Waals surface area contributed by atoms with Crippen LogP contribution in [0.25, 0.3) is 0 Å². The van der Waals surface area contributed by atoms with E-state index in [0.29, 0.717) is 35.6 Å². The zero-order valence-electron chi connectivity index (χ0n) is 19.0. The summed E-state index contributed by atoms with van der Waals surface area (Å²) in [6.45, 7) is 0.687. The van der Waals surface area contributed by atoms with E-state index in [0.717, 1.165) is 24.5 Å². The van der Waals surface area contributed by atoms with Crippen LogP contribution in [0.1, 0.15) is 57.5 Å². The minimum absolute atomic E-state index is 0.183. The van der Waals surface area contributed by atoms with Gasteiger partial charge in [0.1, 0.15) is 6.04 Å². The topological polar surface area (TPSA) is 95.6 Å². The van der Waals surface area contributed by atoms with Gasteiger partial charge in [-0.2, -0.15) is 0 Å². The van der Waals surface area contributed by atoms with Gasteiger partial charge in [-0.15, -0.1) is 0 Å². The number of carbonyl (C=O) groups is 4. The van der Waals surface area contributed by atoms with Crippen molar-refractivity contribution in [2.45, 2.75) is 44.7 Å². The molecule has 2 unspecified atom stereocenters. The number of rotatable bonds is 6. The third-order valence-corrected chi connectivity index (χ3v) is 7.37. The van der Waals surface area contributed by atoms with Crippen molar-refractivity contribution in [3.05, 3.63) is 70.3 Å². The molecule has 5 rings (SSSR count). The molecule has 1 saturated heterocycles. The first-order chi connectivity index (χ1) is 16.8. The van der Waals surface area contributed by atoms with E-state index >= 15 is 0 Å². The lowest BCUT2D eigenvalue weighted by Crippen LogP contribution is -2.52. The quantitative estimate of drug-likeness (QED) is 0.621. The summed E-state index contributed by atoms with van der Waals surface area (Å²) >= 11 is 0. The molecule has 2 aromatic rings. The predicted octanol–water partition coefficient (Wildman–Crippen LogP) is 2.72. The maximum Gasteiger partial charge on any atom is 0.255 e. The van der Waals surface area contributed by atoms with E-state index < -0.39 is 23.6 Å². The molecule has 0 radical (unpaired) electrons. The fourth-order valence-electron chi connectivity index (χ4n) is 5.19. The van der Waals surface area contributed by atoms with Crippen LogP contribution in [0.4, 0.5) is 8.78 Å². The predicted molar refractivity (Wildman–Crippen MR) is 121 cm³/mol. The molecule has 182 valence electrons.